The van der Waals surface area contributed by atoms with Crippen molar-refractivity contribution in [3.05, 3.63) is 65.5 Å². The number of guanidine groups is 1. The first-order valence-electron chi connectivity index (χ1n) is 8.61. The third-order valence-corrected chi connectivity index (χ3v) is 4.32. The molecule has 1 saturated heterocycles. The lowest BCUT2D eigenvalue weighted by Gasteiger charge is -2.35. The highest BCUT2D eigenvalue weighted by Crippen LogP contribution is 2.32. The number of nitrogens with zero attached hydrogens (tertiary/aromatic N) is 3. The molecule has 9 heteroatoms. The second-order valence-corrected chi connectivity index (χ2v) is 6.15. The highest BCUT2D eigenvalue weighted by atomic mass is 127. The first kappa shape index (κ1) is 22.4. The molecule has 1 aromatic carbocycles. The van der Waals surface area contributed by atoms with E-state index < -0.39 is 17.8 Å². The minimum absolute atomic E-state index is 0. The van der Waals surface area contributed by atoms with Crippen molar-refractivity contribution in [1.82, 2.24) is 15.2 Å². The normalized spacial score (nSPS) is 17.8. The predicted octanol–water partition coefficient (Wildman–Crippen LogP) is 3.87. The monoisotopic (exact) mass is 506 g/mol. The molecular formula is C19H22F3IN4O. The van der Waals surface area contributed by atoms with Gasteiger partial charge in [-0.05, 0) is 29.8 Å². The fourth-order valence-electron chi connectivity index (χ4n) is 2.96. The van der Waals surface area contributed by atoms with Crippen LogP contribution in [0.15, 0.2) is 53.7 Å². The molecule has 1 atom stereocenters. The van der Waals surface area contributed by atoms with Gasteiger partial charge < -0.3 is 15.0 Å². The van der Waals surface area contributed by atoms with Crippen molar-refractivity contribution in [3.63, 3.8) is 0 Å². The number of benzene rings is 1. The summed E-state index contributed by atoms with van der Waals surface area (Å²) in [6.07, 6.45) is -3.10. The van der Waals surface area contributed by atoms with Gasteiger partial charge in [-0.1, -0.05) is 18.2 Å². The Labute approximate surface area is 179 Å². The Hall–Kier alpha value is -1.88. The number of alkyl halides is 3. The van der Waals surface area contributed by atoms with E-state index in [2.05, 4.69) is 15.3 Å². The van der Waals surface area contributed by atoms with E-state index in [1.165, 1.54) is 6.07 Å². The van der Waals surface area contributed by atoms with Gasteiger partial charge in [-0.25, -0.2) is 0 Å². The van der Waals surface area contributed by atoms with Crippen LogP contribution in [0, 0.1) is 0 Å². The van der Waals surface area contributed by atoms with Gasteiger partial charge in [-0.3, -0.25) is 9.98 Å². The maximum absolute atomic E-state index is 13.0. The summed E-state index contributed by atoms with van der Waals surface area (Å²) in [5, 5.41) is 3.24. The van der Waals surface area contributed by atoms with Gasteiger partial charge >= 0.3 is 6.18 Å². The molecule has 28 heavy (non-hydrogen) atoms. The van der Waals surface area contributed by atoms with E-state index in [9.17, 15) is 13.2 Å². The zero-order valence-corrected chi connectivity index (χ0v) is 17.6. The van der Waals surface area contributed by atoms with Crippen LogP contribution in [0.2, 0.25) is 0 Å². The van der Waals surface area contributed by atoms with Crippen molar-refractivity contribution < 1.29 is 17.9 Å². The summed E-state index contributed by atoms with van der Waals surface area (Å²) in [7, 11) is 1.68. The van der Waals surface area contributed by atoms with Crippen molar-refractivity contribution in [2.75, 3.05) is 26.7 Å². The highest BCUT2D eigenvalue weighted by Gasteiger charge is 2.32. The van der Waals surface area contributed by atoms with E-state index >= 15 is 0 Å². The summed E-state index contributed by atoms with van der Waals surface area (Å²) in [5.74, 6) is 0.668. The molecular weight excluding hydrogens is 484 g/mol. The van der Waals surface area contributed by atoms with Crippen molar-refractivity contribution in [1.29, 1.82) is 0 Å². The number of hydrogen-bond acceptors (Lipinski definition) is 3. The summed E-state index contributed by atoms with van der Waals surface area (Å²) in [4.78, 5) is 10.5. The zero-order valence-electron chi connectivity index (χ0n) is 15.3. The number of hydrogen-bond donors (Lipinski definition) is 1. The van der Waals surface area contributed by atoms with Crippen LogP contribution >= 0.6 is 24.0 Å². The van der Waals surface area contributed by atoms with Gasteiger partial charge in [-0.2, -0.15) is 13.2 Å². The number of aromatic nitrogens is 1. The number of morpholine rings is 1. The summed E-state index contributed by atoms with van der Waals surface area (Å²) >= 11 is 0. The summed E-state index contributed by atoms with van der Waals surface area (Å²) in [5.41, 5.74) is 0.717. The Kier molecular flexibility index (Phi) is 8.05. The minimum atomic E-state index is -4.37. The lowest BCUT2D eigenvalue weighted by atomic mass is 10.0. The standard InChI is InChI=1S/C19H21F3N4O.HI/c1-23-18(25-12-16-7-2-3-8-24-16)26-9-10-27-17(13-26)14-5-4-6-15(11-14)19(20,21)22;/h2-8,11,17H,9-10,12-13H2,1H3,(H,23,25);1H. The molecule has 0 amide bonds. The second-order valence-electron chi connectivity index (χ2n) is 6.15. The average molecular weight is 506 g/mol. The van der Waals surface area contributed by atoms with Crippen LogP contribution in [0.5, 0.6) is 0 Å². The Bertz CT molecular complexity index is 786. The molecule has 1 aliphatic rings. The average Bonchev–Trinajstić information content (AvgIpc) is 2.69. The van der Waals surface area contributed by atoms with E-state index in [1.807, 2.05) is 23.1 Å². The molecule has 1 aliphatic heterocycles. The van der Waals surface area contributed by atoms with Crippen molar-refractivity contribution in [3.8, 4) is 0 Å². The SMILES string of the molecule is CN=C(NCc1ccccn1)N1CCOC(c2cccc(C(F)(F)F)c2)C1.I. The van der Waals surface area contributed by atoms with Crippen molar-refractivity contribution in [2.45, 2.75) is 18.8 Å². The van der Waals surface area contributed by atoms with Gasteiger partial charge in [0.15, 0.2) is 5.96 Å². The van der Waals surface area contributed by atoms with E-state index in [-0.39, 0.29) is 24.0 Å². The Morgan fingerprint density at radius 2 is 2.11 bits per heavy atom. The van der Waals surface area contributed by atoms with Crippen LogP contribution in [0.1, 0.15) is 22.9 Å². The van der Waals surface area contributed by atoms with Gasteiger partial charge in [0, 0.05) is 19.8 Å². The quantitative estimate of drug-likeness (QED) is 0.391. The highest BCUT2D eigenvalue weighted by molar-refractivity contribution is 14.0. The van der Waals surface area contributed by atoms with Gasteiger partial charge in [0.1, 0.15) is 6.10 Å². The molecule has 1 unspecified atom stereocenters. The molecule has 3 rings (SSSR count). The van der Waals surface area contributed by atoms with Crippen LogP contribution < -0.4 is 5.32 Å². The molecule has 5 nitrogen and oxygen atoms in total. The smallest absolute Gasteiger partial charge is 0.370 e. The molecule has 0 saturated carbocycles. The fraction of sp³-hybridized carbons (Fsp3) is 0.368. The van der Waals surface area contributed by atoms with Crippen molar-refractivity contribution in [2.24, 2.45) is 4.99 Å². The number of halogens is 4. The molecule has 0 radical (unpaired) electrons. The van der Waals surface area contributed by atoms with Gasteiger partial charge in [0.25, 0.3) is 0 Å². The van der Waals surface area contributed by atoms with Crippen LogP contribution in [0.3, 0.4) is 0 Å². The van der Waals surface area contributed by atoms with E-state index in [0.29, 0.717) is 37.8 Å². The number of ether oxygens (including phenoxy) is 1. The van der Waals surface area contributed by atoms with Crippen molar-refractivity contribution >= 4 is 29.9 Å². The van der Waals surface area contributed by atoms with E-state index in [0.717, 1.165) is 17.8 Å². The molecule has 2 aromatic rings. The topological polar surface area (TPSA) is 49.8 Å². The fourth-order valence-corrected chi connectivity index (χ4v) is 2.96. The summed E-state index contributed by atoms with van der Waals surface area (Å²) in [6.45, 7) is 1.95. The van der Waals surface area contributed by atoms with E-state index in [1.54, 1.807) is 19.3 Å². The second kappa shape index (κ2) is 10.1. The molecule has 0 aliphatic carbocycles. The molecule has 1 aromatic heterocycles. The number of rotatable bonds is 3. The number of aliphatic imine (C=N–C) groups is 1. The van der Waals surface area contributed by atoms with Gasteiger partial charge in [-0.15, -0.1) is 24.0 Å². The molecule has 1 N–H and O–H groups in total. The van der Waals surface area contributed by atoms with Crippen LogP contribution in [0.25, 0.3) is 0 Å². The molecule has 0 bridgehead atoms. The molecule has 152 valence electrons. The first-order valence-corrected chi connectivity index (χ1v) is 8.61. The summed E-state index contributed by atoms with van der Waals surface area (Å²) < 4.78 is 44.6. The van der Waals surface area contributed by atoms with Crippen LogP contribution in [-0.4, -0.2) is 42.6 Å². The third kappa shape index (κ3) is 5.81. The zero-order chi connectivity index (χ0) is 19.3. The molecule has 0 spiro atoms. The van der Waals surface area contributed by atoms with Gasteiger partial charge in [0.2, 0.25) is 0 Å². The largest absolute Gasteiger partial charge is 0.416 e. The van der Waals surface area contributed by atoms with E-state index in [4.69, 9.17) is 4.74 Å². The van der Waals surface area contributed by atoms with Gasteiger partial charge in [0.05, 0.1) is 31.0 Å². The lowest BCUT2D eigenvalue weighted by molar-refractivity contribution is -0.137. The Morgan fingerprint density at radius 3 is 2.79 bits per heavy atom. The maximum atomic E-state index is 13.0. The number of pyridine rings is 1. The first-order chi connectivity index (χ1) is 13.0. The summed E-state index contributed by atoms with van der Waals surface area (Å²) in [6, 6.07) is 11.0. The third-order valence-electron chi connectivity index (χ3n) is 4.32. The van der Waals surface area contributed by atoms with Crippen LogP contribution in [-0.2, 0) is 17.5 Å². The lowest BCUT2D eigenvalue weighted by Crippen LogP contribution is -2.48. The number of nitrogens with one attached hydrogen (secondary N) is 1. The predicted molar refractivity (Wildman–Crippen MR) is 112 cm³/mol. The maximum Gasteiger partial charge on any atom is 0.416 e. The minimum Gasteiger partial charge on any atom is -0.370 e. The van der Waals surface area contributed by atoms with Crippen LogP contribution in [0.4, 0.5) is 13.2 Å². The molecule has 1 fully saturated rings. The molecule has 2 heterocycles. The Balaban J connectivity index is 0.00000280. The Morgan fingerprint density at radius 1 is 1.29 bits per heavy atom.